The van der Waals surface area contributed by atoms with E-state index in [1.54, 1.807) is 7.11 Å². The maximum absolute atomic E-state index is 5.85. The van der Waals surface area contributed by atoms with Crippen LogP contribution in [0.3, 0.4) is 0 Å². The van der Waals surface area contributed by atoms with Crippen LogP contribution in [0, 0.1) is 6.92 Å². The van der Waals surface area contributed by atoms with Crippen molar-refractivity contribution in [3.05, 3.63) is 60.3 Å². The molecule has 5 rings (SSSR count). The Bertz CT molecular complexity index is 1290. The topological polar surface area (TPSA) is 78.3 Å². The lowest BCUT2D eigenvalue weighted by Gasteiger charge is -2.05. The summed E-state index contributed by atoms with van der Waals surface area (Å²) in [5.74, 6) is 1.23. The highest BCUT2D eigenvalue weighted by Crippen LogP contribution is 2.33. The van der Waals surface area contributed by atoms with Crippen LogP contribution in [0.4, 0.5) is 0 Å². The molecule has 0 atom stereocenters. The first-order valence-electron chi connectivity index (χ1n) is 8.62. The van der Waals surface area contributed by atoms with Gasteiger partial charge in [-0.25, -0.2) is 9.50 Å². The van der Waals surface area contributed by atoms with E-state index >= 15 is 0 Å². The van der Waals surface area contributed by atoms with E-state index in [1.807, 2.05) is 66.0 Å². The number of methoxy groups -OCH3 is 1. The second-order valence-electron chi connectivity index (χ2n) is 6.19. The number of aryl methyl sites for hydroxylation is 1. The Labute approximate surface area is 164 Å². The first-order valence-corrected chi connectivity index (χ1v) is 9.44. The Kier molecular flexibility index (Phi) is 3.98. The van der Waals surface area contributed by atoms with Gasteiger partial charge in [0, 0.05) is 17.0 Å². The van der Waals surface area contributed by atoms with Gasteiger partial charge >= 0.3 is 0 Å². The van der Waals surface area contributed by atoms with Gasteiger partial charge in [-0.05, 0) is 49.0 Å². The van der Waals surface area contributed by atoms with E-state index in [9.17, 15) is 0 Å². The fourth-order valence-corrected chi connectivity index (χ4v) is 3.80. The molecule has 0 amide bonds. The van der Waals surface area contributed by atoms with Gasteiger partial charge in [-0.15, -0.1) is 10.2 Å². The Morgan fingerprint density at radius 1 is 1.04 bits per heavy atom. The van der Waals surface area contributed by atoms with Crippen LogP contribution in [0.1, 0.15) is 5.69 Å². The lowest BCUT2D eigenvalue weighted by Crippen LogP contribution is -1.95. The van der Waals surface area contributed by atoms with Gasteiger partial charge in [-0.2, -0.15) is 5.10 Å². The number of hydrogen-bond acceptors (Lipinski definition) is 7. The maximum Gasteiger partial charge on any atom is 0.283 e. The van der Waals surface area contributed by atoms with Crippen LogP contribution in [0.5, 0.6) is 5.75 Å². The zero-order valence-corrected chi connectivity index (χ0v) is 16.0. The van der Waals surface area contributed by atoms with Crippen molar-refractivity contribution in [2.24, 2.45) is 0 Å². The molecular weight excluding hydrogens is 374 g/mol. The summed E-state index contributed by atoms with van der Waals surface area (Å²) in [6.45, 7) is 1.95. The maximum atomic E-state index is 5.85. The SMILES string of the molecule is COc1ccc(-c2nnc(Sc3nc4cc(C)nn4c4ccccc34)o2)cc1. The van der Waals surface area contributed by atoms with E-state index in [4.69, 9.17) is 14.1 Å². The molecule has 8 heteroatoms. The predicted octanol–water partition coefficient (Wildman–Crippen LogP) is 4.40. The normalized spacial score (nSPS) is 11.4. The van der Waals surface area contributed by atoms with Gasteiger partial charge in [0.15, 0.2) is 5.65 Å². The number of fused-ring (bicyclic) bond motifs is 3. The molecule has 0 radical (unpaired) electrons. The molecule has 138 valence electrons. The minimum atomic E-state index is 0.434. The van der Waals surface area contributed by atoms with Gasteiger partial charge in [0.1, 0.15) is 10.8 Å². The third kappa shape index (κ3) is 2.87. The number of para-hydroxylation sites is 1. The van der Waals surface area contributed by atoms with E-state index in [1.165, 1.54) is 11.8 Å². The molecule has 3 aromatic heterocycles. The van der Waals surface area contributed by atoms with Crippen LogP contribution in [0.15, 0.2) is 69.3 Å². The van der Waals surface area contributed by atoms with E-state index in [2.05, 4.69) is 15.3 Å². The molecule has 0 aliphatic rings. The van der Waals surface area contributed by atoms with E-state index in [0.29, 0.717) is 11.1 Å². The van der Waals surface area contributed by atoms with E-state index < -0.39 is 0 Å². The molecule has 0 bridgehead atoms. The molecule has 7 nitrogen and oxygen atoms in total. The number of aromatic nitrogens is 5. The molecule has 28 heavy (non-hydrogen) atoms. The first kappa shape index (κ1) is 16.8. The average Bonchev–Trinajstić information content (AvgIpc) is 3.34. The summed E-state index contributed by atoms with van der Waals surface area (Å²) in [7, 11) is 1.63. The number of rotatable bonds is 4. The molecule has 5 aromatic rings. The lowest BCUT2D eigenvalue weighted by molar-refractivity contribution is 0.414. The average molecular weight is 389 g/mol. The minimum absolute atomic E-state index is 0.434. The summed E-state index contributed by atoms with van der Waals surface area (Å²) in [6.07, 6.45) is 0. The Morgan fingerprint density at radius 3 is 2.68 bits per heavy atom. The van der Waals surface area contributed by atoms with Crippen molar-refractivity contribution in [1.82, 2.24) is 24.8 Å². The fraction of sp³-hybridized carbons (Fsp3) is 0.100. The molecule has 0 unspecified atom stereocenters. The molecular formula is C20H15N5O2S. The molecule has 0 fully saturated rings. The summed E-state index contributed by atoms with van der Waals surface area (Å²) in [5, 5.41) is 15.1. The Morgan fingerprint density at radius 2 is 1.86 bits per heavy atom. The van der Waals surface area contributed by atoms with Gasteiger partial charge < -0.3 is 9.15 Å². The second-order valence-corrected chi connectivity index (χ2v) is 7.13. The van der Waals surface area contributed by atoms with Crippen molar-refractivity contribution in [2.75, 3.05) is 7.11 Å². The number of benzene rings is 2. The van der Waals surface area contributed by atoms with E-state index in [-0.39, 0.29) is 0 Å². The highest BCUT2D eigenvalue weighted by Gasteiger charge is 2.15. The Balaban J connectivity index is 1.53. The Hall–Kier alpha value is -3.39. The van der Waals surface area contributed by atoms with Gasteiger partial charge in [-0.3, -0.25) is 0 Å². The molecule has 2 aromatic carbocycles. The smallest absolute Gasteiger partial charge is 0.283 e. The molecule has 0 spiro atoms. The van der Waals surface area contributed by atoms with Gasteiger partial charge in [0.2, 0.25) is 5.89 Å². The molecule has 0 N–H and O–H groups in total. The van der Waals surface area contributed by atoms with Gasteiger partial charge in [0.05, 0.1) is 18.3 Å². The van der Waals surface area contributed by atoms with Crippen LogP contribution < -0.4 is 4.74 Å². The molecule has 0 saturated carbocycles. The fourth-order valence-electron chi connectivity index (χ4n) is 3.01. The van der Waals surface area contributed by atoms with Crippen molar-refractivity contribution >= 4 is 28.3 Å². The highest BCUT2D eigenvalue weighted by atomic mass is 32.2. The monoisotopic (exact) mass is 389 g/mol. The molecule has 3 heterocycles. The summed E-state index contributed by atoms with van der Waals surface area (Å²) >= 11 is 1.35. The second kappa shape index (κ2) is 6.65. The largest absolute Gasteiger partial charge is 0.497 e. The van der Waals surface area contributed by atoms with Crippen LogP contribution in [-0.4, -0.2) is 31.9 Å². The van der Waals surface area contributed by atoms with E-state index in [0.717, 1.165) is 38.6 Å². The number of nitrogens with zero attached hydrogens (tertiary/aromatic N) is 5. The zero-order valence-electron chi connectivity index (χ0n) is 15.2. The summed E-state index contributed by atoms with van der Waals surface area (Å²) in [4.78, 5) is 4.74. The lowest BCUT2D eigenvalue weighted by atomic mass is 10.2. The van der Waals surface area contributed by atoms with Crippen molar-refractivity contribution in [2.45, 2.75) is 17.2 Å². The summed E-state index contributed by atoms with van der Waals surface area (Å²) in [5.41, 5.74) is 3.52. The standard InChI is InChI=1S/C20H15N5O2S/c1-12-11-17-21-19(15-5-3-4-6-16(15)25(17)24-12)28-20-23-22-18(27-20)13-7-9-14(26-2)10-8-13/h3-11H,1-2H3. The van der Waals surface area contributed by atoms with Crippen LogP contribution in [0.2, 0.25) is 0 Å². The van der Waals surface area contributed by atoms with Crippen molar-refractivity contribution < 1.29 is 9.15 Å². The third-order valence-corrected chi connectivity index (χ3v) is 5.16. The van der Waals surface area contributed by atoms with Crippen molar-refractivity contribution in [3.8, 4) is 17.2 Å². The van der Waals surface area contributed by atoms with Crippen molar-refractivity contribution in [3.63, 3.8) is 0 Å². The quantitative estimate of drug-likeness (QED) is 0.422. The predicted molar refractivity (Wildman–Crippen MR) is 106 cm³/mol. The molecule has 0 saturated heterocycles. The minimum Gasteiger partial charge on any atom is -0.497 e. The molecule has 0 aliphatic carbocycles. The van der Waals surface area contributed by atoms with Crippen LogP contribution in [0.25, 0.3) is 28.0 Å². The number of hydrogen-bond donors (Lipinski definition) is 0. The van der Waals surface area contributed by atoms with Crippen LogP contribution in [-0.2, 0) is 0 Å². The van der Waals surface area contributed by atoms with Gasteiger partial charge in [-0.1, -0.05) is 18.2 Å². The van der Waals surface area contributed by atoms with Crippen LogP contribution >= 0.6 is 11.8 Å². The summed E-state index contributed by atoms with van der Waals surface area (Å²) < 4.78 is 12.9. The number of ether oxygens (including phenoxy) is 1. The highest BCUT2D eigenvalue weighted by molar-refractivity contribution is 7.99. The van der Waals surface area contributed by atoms with Crippen molar-refractivity contribution in [1.29, 1.82) is 0 Å². The summed E-state index contributed by atoms with van der Waals surface area (Å²) in [6, 6.07) is 17.4. The van der Waals surface area contributed by atoms with Gasteiger partial charge in [0.25, 0.3) is 5.22 Å². The third-order valence-electron chi connectivity index (χ3n) is 4.32. The first-order chi connectivity index (χ1) is 13.7. The molecule has 0 aliphatic heterocycles. The zero-order chi connectivity index (χ0) is 19.1.